The van der Waals surface area contributed by atoms with Crippen LogP contribution in [0, 0.1) is 0 Å². The Morgan fingerprint density at radius 2 is 1.79 bits per heavy atom. The maximum atomic E-state index is 12.6. The van der Waals surface area contributed by atoms with E-state index in [4.69, 9.17) is 16.3 Å². The molecule has 5 heteroatoms. The second kappa shape index (κ2) is 9.30. The fourth-order valence-corrected chi connectivity index (χ4v) is 2.58. The molecule has 2 rings (SSSR count). The molecule has 2 aromatic rings. The van der Waals surface area contributed by atoms with Crippen LogP contribution in [0.2, 0.25) is 5.02 Å². The first-order chi connectivity index (χ1) is 11.6. The van der Waals surface area contributed by atoms with Crippen molar-refractivity contribution in [2.75, 3.05) is 19.7 Å². The zero-order valence-electron chi connectivity index (χ0n) is 13.7. The maximum Gasteiger partial charge on any atom is 0.263 e. The van der Waals surface area contributed by atoms with Crippen LogP contribution in [-0.2, 0) is 11.2 Å². The van der Waals surface area contributed by atoms with Gasteiger partial charge in [-0.3, -0.25) is 4.79 Å². The first kappa shape index (κ1) is 18.3. The molecular weight excluding hydrogens is 326 g/mol. The Hall–Kier alpha value is -2.04. The fraction of sp³-hybridized carbons (Fsp3) is 0.316. The predicted molar refractivity (Wildman–Crippen MR) is 95.4 cm³/mol. The van der Waals surface area contributed by atoms with Crippen molar-refractivity contribution in [2.24, 2.45) is 0 Å². The molecule has 0 saturated heterocycles. The van der Waals surface area contributed by atoms with Crippen molar-refractivity contribution >= 4 is 17.5 Å². The smallest absolute Gasteiger partial charge is 0.263 e. The van der Waals surface area contributed by atoms with Crippen LogP contribution in [0.25, 0.3) is 0 Å². The third kappa shape index (κ3) is 5.25. The number of nitrogens with zero attached hydrogens (tertiary/aromatic N) is 1. The minimum atomic E-state index is -0.674. The summed E-state index contributed by atoms with van der Waals surface area (Å²) in [6, 6.07) is 17.0. The second-order valence-corrected chi connectivity index (χ2v) is 5.88. The molecule has 1 atom stereocenters. The van der Waals surface area contributed by atoms with Gasteiger partial charge in [-0.05, 0) is 31.0 Å². The maximum absolute atomic E-state index is 12.6. The number of rotatable bonds is 8. The number of para-hydroxylation sites is 1. The molecule has 0 heterocycles. The number of carbonyl (C=O) groups is 1. The van der Waals surface area contributed by atoms with E-state index in [-0.39, 0.29) is 19.1 Å². The predicted octanol–water partition coefficient (Wildman–Crippen LogP) is 3.17. The van der Waals surface area contributed by atoms with Crippen LogP contribution in [0.15, 0.2) is 54.6 Å². The van der Waals surface area contributed by atoms with Gasteiger partial charge in [0.15, 0.2) is 6.10 Å². The highest BCUT2D eigenvalue weighted by Gasteiger charge is 2.22. The van der Waals surface area contributed by atoms with Gasteiger partial charge in [0.05, 0.1) is 11.6 Å². The number of hydrogen-bond donors (Lipinski definition) is 1. The Balaban J connectivity index is 1.98. The summed E-state index contributed by atoms with van der Waals surface area (Å²) in [4.78, 5) is 14.2. The zero-order valence-corrected chi connectivity index (χ0v) is 14.4. The van der Waals surface area contributed by atoms with Gasteiger partial charge in [-0.1, -0.05) is 54.1 Å². The monoisotopic (exact) mass is 347 g/mol. The molecule has 0 bridgehead atoms. The van der Waals surface area contributed by atoms with Gasteiger partial charge >= 0.3 is 0 Å². The summed E-state index contributed by atoms with van der Waals surface area (Å²) in [5.74, 6) is 0.312. The van der Waals surface area contributed by atoms with E-state index in [2.05, 4.69) is 0 Å². The standard InChI is InChI=1S/C19H22ClNO3/c1-15(24-18-10-6-5-9-17(18)20)19(23)21(13-14-22)12-11-16-7-3-2-4-8-16/h2-10,15,22H,11-14H2,1H3. The Morgan fingerprint density at radius 3 is 2.46 bits per heavy atom. The number of amides is 1. The Kier molecular flexibility index (Phi) is 7.09. The highest BCUT2D eigenvalue weighted by molar-refractivity contribution is 6.32. The largest absolute Gasteiger partial charge is 0.479 e. The minimum absolute atomic E-state index is 0.0840. The quantitative estimate of drug-likeness (QED) is 0.798. The van der Waals surface area contributed by atoms with E-state index in [1.54, 1.807) is 36.1 Å². The third-order valence-corrected chi connectivity index (χ3v) is 4.00. The van der Waals surface area contributed by atoms with Gasteiger partial charge in [0.2, 0.25) is 0 Å². The normalized spacial score (nSPS) is 11.8. The van der Waals surface area contributed by atoms with Crippen molar-refractivity contribution < 1.29 is 14.6 Å². The molecule has 1 unspecified atom stereocenters. The van der Waals surface area contributed by atoms with Gasteiger partial charge in [0.25, 0.3) is 5.91 Å². The van der Waals surface area contributed by atoms with E-state index in [9.17, 15) is 9.90 Å². The molecule has 1 N–H and O–H groups in total. The lowest BCUT2D eigenvalue weighted by molar-refractivity contribution is -0.138. The van der Waals surface area contributed by atoms with Gasteiger partial charge in [-0.2, -0.15) is 0 Å². The number of ether oxygens (including phenoxy) is 1. The molecule has 0 radical (unpaired) electrons. The van der Waals surface area contributed by atoms with Crippen LogP contribution in [0.5, 0.6) is 5.75 Å². The van der Waals surface area contributed by atoms with Crippen molar-refractivity contribution in [2.45, 2.75) is 19.4 Å². The molecule has 0 fully saturated rings. The van der Waals surface area contributed by atoms with Crippen molar-refractivity contribution in [1.82, 2.24) is 4.90 Å². The van der Waals surface area contributed by atoms with Gasteiger partial charge in [0, 0.05) is 13.1 Å². The fourth-order valence-electron chi connectivity index (χ4n) is 2.40. The van der Waals surface area contributed by atoms with E-state index in [1.807, 2.05) is 30.3 Å². The number of benzene rings is 2. The summed E-state index contributed by atoms with van der Waals surface area (Å²) in [6.45, 7) is 2.42. The summed E-state index contributed by atoms with van der Waals surface area (Å²) in [6.07, 6.45) is 0.0537. The number of aliphatic hydroxyl groups excluding tert-OH is 1. The first-order valence-corrected chi connectivity index (χ1v) is 8.34. The van der Waals surface area contributed by atoms with Crippen LogP contribution in [-0.4, -0.2) is 41.7 Å². The molecule has 0 aliphatic carbocycles. The average Bonchev–Trinajstić information content (AvgIpc) is 2.61. The Morgan fingerprint density at radius 1 is 1.12 bits per heavy atom. The van der Waals surface area contributed by atoms with Crippen molar-refractivity contribution in [3.8, 4) is 5.75 Å². The summed E-state index contributed by atoms with van der Waals surface area (Å²) in [7, 11) is 0. The first-order valence-electron chi connectivity index (χ1n) is 7.96. The molecule has 2 aromatic carbocycles. The van der Waals surface area contributed by atoms with E-state index in [0.29, 0.717) is 17.3 Å². The van der Waals surface area contributed by atoms with Crippen LogP contribution in [0.1, 0.15) is 12.5 Å². The molecule has 0 aliphatic rings. The number of carbonyl (C=O) groups excluding carboxylic acids is 1. The lowest BCUT2D eigenvalue weighted by Gasteiger charge is -2.25. The second-order valence-electron chi connectivity index (χ2n) is 5.47. The van der Waals surface area contributed by atoms with Crippen molar-refractivity contribution in [3.63, 3.8) is 0 Å². The summed E-state index contributed by atoms with van der Waals surface area (Å²) in [5.41, 5.74) is 1.15. The summed E-state index contributed by atoms with van der Waals surface area (Å²) < 4.78 is 5.68. The lowest BCUT2D eigenvalue weighted by Crippen LogP contribution is -2.43. The number of halogens is 1. The van der Waals surface area contributed by atoms with Crippen molar-refractivity contribution in [3.05, 3.63) is 65.2 Å². The molecule has 0 aliphatic heterocycles. The number of hydrogen-bond acceptors (Lipinski definition) is 3. The van der Waals surface area contributed by atoms with Crippen LogP contribution >= 0.6 is 11.6 Å². The van der Waals surface area contributed by atoms with E-state index < -0.39 is 6.10 Å². The van der Waals surface area contributed by atoms with Crippen LogP contribution in [0.3, 0.4) is 0 Å². The molecule has 0 spiro atoms. The SMILES string of the molecule is CC(Oc1ccccc1Cl)C(=O)N(CCO)CCc1ccccc1. The highest BCUT2D eigenvalue weighted by atomic mass is 35.5. The third-order valence-electron chi connectivity index (χ3n) is 3.68. The van der Waals surface area contributed by atoms with Gasteiger partial charge in [-0.15, -0.1) is 0 Å². The Labute approximate surface area is 147 Å². The van der Waals surface area contributed by atoms with Crippen molar-refractivity contribution in [1.29, 1.82) is 0 Å². The molecule has 128 valence electrons. The lowest BCUT2D eigenvalue weighted by atomic mass is 10.1. The van der Waals surface area contributed by atoms with Crippen LogP contribution < -0.4 is 4.74 Å². The minimum Gasteiger partial charge on any atom is -0.479 e. The molecule has 0 saturated carbocycles. The van der Waals surface area contributed by atoms with Gasteiger partial charge in [-0.25, -0.2) is 0 Å². The summed E-state index contributed by atoms with van der Waals surface area (Å²) >= 11 is 6.07. The van der Waals surface area contributed by atoms with E-state index in [1.165, 1.54) is 0 Å². The molecular formula is C19H22ClNO3. The van der Waals surface area contributed by atoms with Gasteiger partial charge < -0.3 is 14.7 Å². The molecule has 24 heavy (non-hydrogen) atoms. The number of aliphatic hydroxyl groups is 1. The zero-order chi connectivity index (χ0) is 17.4. The molecule has 4 nitrogen and oxygen atoms in total. The average molecular weight is 348 g/mol. The van der Waals surface area contributed by atoms with Crippen LogP contribution in [0.4, 0.5) is 0 Å². The highest BCUT2D eigenvalue weighted by Crippen LogP contribution is 2.24. The van der Waals surface area contributed by atoms with E-state index >= 15 is 0 Å². The summed E-state index contributed by atoms with van der Waals surface area (Å²) in [5, 5.41) is 9.71. The van der Waals surface area contributed by atoms with Gasteiger partial charge in [0.1, 0.15) is 5.75 Å². The van der Waals surface area contributed by atoms with E-state index in [0.717, 1.165) is 12.0 Å². The molecule has 1 amide bonds. The topological polar surface area (TPSA) is 49.8 Å². The molecule has 0 aromatic heterocycles. The Bertz CT molecular complexity index is 648.